The van der Waals surface area contributed by atoms with Crippen LogP contribution in [0.25, 0.3) is 0 Å². The van der Waals surface area contributed by atoms with E-state index < -0.39 is 0 Å². The Labute approximate surface area is 115 Å². The van der Waals surface area contributed by atoms with Crippen LogP contribution >= 0.6 is 0 Å². The van der Waals surface area contributed by atoms with Gasteiger partial charge in [-0.25, -0.2) is 0 Å². The minimum Gasteiger partial charge on any atom is -0.0830 e. The molecule has 4 rings (SSSR count). The van der Waals surface area contributed by atoms with Crippen molar-refractivity contribution < 1.29 is 0 Å². The first-order chi connectivity index (χ1) is 9.25. The van der Waals surface area contributed by atoms with E-state index in [1.807, 2.05) is 0 Å². The minimum absolute atomic E-state index is 0.617. The highest BCUT2D eigenvalue weighted by molar-refractivity contribution is 5.63. The summed E-state index contributed by atoms with van der Waals surface area (Å²) in [6.07, 6.45) is 18.9. The second-order valence-corrected chi connectivity index (χ2v) is 6.25. The third-order valence-corrected chi connectivity index (χ3v) is 5.21. The molecule has 0 amide bonds. The molecule has 0 aromatic rings. The van der Waals surface area contributed by atoms with Gasteiger partial charge in [0, 0.05) is 5.92 Å². The third kappa shape index (κ3) is 1.52. The third-order valence-electron chi connectivity index (χ3n) is 5.21. The monoisotopic (exact) mass is 248 g/mol. The largest absolute Gasteiger partial charge is 0.0830 e. The SMILES string of the molecule is CC1C=CC2=C(C=C3CC=CC4=C3C2CC=C4)C1C. The van der Waals surface area contributed by atoms with Gasteiger partial charge in [-0.3, -0.25) is 0 Å². The molecule has 0 aliphatic heterocycles. The molecule has 0 saturated heterocycles. The second kappa shape index (κ2) is 3.96. The summed E-state index contributed by atoms with van der Waals surface area (Å²) in [7, 11) is 0. The van der Waals surface area contributed by atoms with E-state index in [4.69, 9.17) is 0 Å². The van der Waals surface area contributed by atoms with Gasteiger partial charge in [-0.05, 0) is 52.5 Å². The summed E-state index contributed by atoms with van der Waals surface area (Å²) in [6, 6.07) is 0. The predicted octanol–water partition coefficient (Wildman–Crippen LogP) is 4.90. The lowest BCUT2D eigenvalue weighted by molar-refractivity contribution is 0.511. The Morgan fingerprint density at radius 2 is 1.84 bits per heavy atom. The van der Waals surface area contributed by atoms with Crippen LogP contribution in [-0.4, -0.2) is 0 Å². The van der Waals surface area contributed by atoms with Crippen LogP contribution < -0.4 is 0 Å². The van der Waals surface area contributed by atoms with Crippen LogP contribution in [0.5, 0.6) is 0 Å². The van der Waals surface area contributed by atoms with Crippen molar-refractivity contribution in [3.05, 3.63) is 70.4 Å². The maximum Gasteiger partial charge on any atom is 0.0135 e. The van der Waals surface area contributed by atoms with Crippen LogP contribution in [0.15, 0.2) is 70.4 Å². The molecule has 0 N–H and O–H groups in total. The number of fused-ring (bicyclic) bond motifs is 1. The maximum atomic E-state index is 2.49. The van der Waals surface area contributed by atoms with E-state index in [0.717, 1.165) is 6.42 Å². The molecule has 0 spiro atoms. The molecule has 3 atom stereocenters. The normalized spacial score (nSPS) is 35.3. The number of hydrogen-bond acceptors (Lipinski definition) is 0. The van der Waals surface area contributed by atoms with Crippen molar-refractivity contribution in [2.45, 2.75) is 26.7 Å². The Morgan fingerprint density at radius 1 is 1.00 bits per heavy atom. The predicted molar refractivity (Wildman–Crippen MR) is 80.6 cm³/mol. The summed E-state index contributed by atoms with van der Waals surface area (Å²) in [5.74, 6) is 1.94. The van der Waals surface area contributed by atoms with Crippen LogP contribution in [0, 0.1) is 17.8 Å². The quantitative estimate of drug-likeness (QED) is 0.572. The van der Waals surface area contributed by atoms with Crippen molar-refractivity contribution >= 4 is 0 Å². The van der Waals surface area contributed by atoms with Crippen LogP contribution in [0.4, 0.5) is 0 Å². The molecule has 0 heteroatoms. The lowest BCUT2D eigenvalue weighted by Crippen LogP contribution is -2.24. The lowest BCUT2D eigenvalue weighted by Gasteiger charge is -2.38. The molecule has 0 bridgehead atoms. The average molecular weight is 248 g/mol. The van der Waals surface area contributed by atoms with Crippen LogP contribution in [-0.2, 0) is 0 Å². The highest BCUT2D eigenvalue weighted by Gasteiger charge is 2.34. The van der Waals surface area contributed by atoms with E-state index in [-0.39, 0.29) is 0 Å². The molecular formula is C19H20. The van der Waals surface area contributed by atoms with Crippen molar-refractivity contribution in [3.8, 4) is 0 Å². The Kier molecular flexibility index (Phi) is 2.35. The van der Waals surface area contributed by atoms with Crippen molar-refractivity contribution in [2.24, 2.45) is 17.8 Å². The number of rotatable bonds is 0. The first kappa shape index (κ1) is 11.3. The summed E-state index contributed by atoms with van der Waals surface area (Å²) < 4.78 is 0. The van der Waals surface area contributed by atoms with Gasteiger partial charge in [0.1, 0.15) is 0 Å². The average Bonchev–Trinajstić information content (AvgIpc) is 2.44. The topological polar surface area (TPSA) is 0 Å². The molecular weight excluding hydrogens is 228 g/mol. The molecule has 4 aliphatic carbocycles. The summed E-state index contributed by atoms with van der Waals surface area (Å²) in [6.45, 7) is 4.72. The Bertz CT molecular complexity index is 612. The van der Waals surface area contributed by atoms with E-state index in [1.54, 1.807) is 22.3 Å². The van der Waals surface area contributed by atoms with E-state index in [0.29, 0.717) is 17.8 Å². The Hall–Kier alpha value is -1.56. The fourth-order valence-electron chi connectivity index (χ4n) is 3.92. The molecule has 3 unspecified atom stereocenters. The van der Waals surface area contributed by atoms with Gasteiger partial charge in [-0.1, -0.05) is 56.4 Å². The van der Waals surface area contributed by atoms with Crippen LogP contribution in [0.3, 0.4) is 0 Å². The summed E-state index contributed by atoms with van der Waals surface area (Å²) in [5.41, 5.74) is 7.81. The standard InChI is InChI=1S/C19H20/c1-12-9-10-16-17-8-4-6-14-5-3-7-15(19(14)17)11-18(16)13(12)2/h3-6,9-13,17H,7-8H2,1-2H3. The zero-order valence-corrected chi connectivity index (χ0v) is 11.7. The lowest BCUT2D eigenvalue weighted by atomic mass is 9.66. The summed E-state index contributed by atoms with van der Waals surface area (Å²) in [4.78, 5) is 0. The van der Waals surface area contributed by atoms with Crippen molar-refractivity contribution in [2.75, 3.05) is 0 Å². The van der Waals surface area contributed by atoms with Gasteiger partial charge >= 0.3 is 0 Å². The van der Waals surface area contributed by atoms with Gasteiger partial charge in [0.05, 0.1) is 0 Å². The van der Waals surface area contributed by atoms with Gasteiger partial charge in [0.25, 0.3) is 0 Å². The highest BCUT2D eigenvalue weighted by Crippen LogP contribution is 2.48. The molecule has 4 aliphatic rings. The van der Waals surface area contributed by atoms with Crippen LogP contribution in [0.1, 0.15) is 26.7 Å². The fourth-order valence-corrected chi connectivity index (χ4v) is 3.92. The highest BCUT2D eigenvalue weighted by atomic mass is 14.4. The van der Waals surface area contributed by atoms with Crippen molar-refractivity contribution in [3.63, 3.8) is 0 Å². The van der Waals surface area contributed by atoms with Gasteiger partial charge in [0.2, 0.25) is 0 Å². The minimum atomic E-state index is 0.617. The molecule has 0 heterocycles. The molecule has 0 aromatic heterocycles. The zero-order chi connectivity index (χ0) is 13.0. The first-order valence-electron chi connectivity index (χ1n) is 7.46. The Morgan fingerprint density at radius 3 is 2.74 bits per heavy atom. The fraction of sp³-hybridized carbons (Fsp3) is 0.368. The Balaban J connectivity index is 1.91. The van der Waals surface area contributed by atoms with E-state index in [1.165, 1.54) is 12.0 Å². The summed E-state index contributed by atoms with van der Waals surface area (Å²) >= 11 is 0. The molecule has 96 valence electrons. The molecule has 0 aromatic carbocycles. The second-order valence-electron chi connectivity index (χ2n) is 6.25. The van der Waals surface area contributed by atoms with Gasteiger partial charge in [-0.2, -0.15) is 0 Å². The molecule has 0 nitrogen and oxygen atoms in total. The molecule has 0 saturated carbocycles. The molecule has 0 radical (unpaired) electrons. The number of hydrogen-bond donors (Lipinski definition) is 0. The summed E-state index contributed by atoms with van der Waals surface area (Å²) in [5, 5.41) is 0. The van der Waals surface area contributed by atoms with Crippen molar-refractivity contribution in [1.29, 1.82) is 0 Å². The number of allylic oxidation sites excluding steroid dienone is 12. The first-order valence-corrected chi connectivity index (χ1v) is 7.46. The molecule has 0 fully saturated rings. The van der Waals surface area contributed by atoms with Gasteiger partial charge in [0.15, 0.2) is 0 Å². The van der Waals surface area contributed by atoms with E-state index in [9.17, 15) is 0 Å². The van der Waals surface area contributed by atoms with E-state index >= 15 is 0 Å². The zero-order valence-electron chi connectivity index (χ0n) is 11.7. The maximum absolute atomic E-state index is 2.49. The van der Waals surface area contributed by atoms with Gasteiger partial charge < -0.3 is 0 Å². The van der Waals surface area contributed by atoms with Gasteiger partial charge in [-0.15, -0.1) is 0 Å². The van der Waals surface area contributed by atoms with E-state index in [2.05, 4.69) is 56.4 Å². The molecule has 19 heavy (non-hydrogen) atoms. The van der Waals surface area contributed by atoms with Crippen molar-refractivity contribution in [1.82, 2.24) is 0 Å². The van der Waals surface area contributed by atoms with Crippen LogP contribution in [0.2, 0.25) is 0 Å². The smallest absolute Gasteiger partial charge is 0.0135 e.